The molecule has 0 heterocycles. The van der Waals surface area contributed by atoms with Gasteiger partial charge in [0.05, 0.1) is 11.5 Å². The number of nitrogens with one attached hydrogen (secondary N) is 2. The third kappa shape index (κ3) is 6.15. The third-order valence-corrected chi connectivity index (χ3v) is 4.36. The van der Waals surface area contributed by atoms with Crippen molar-refractivity contribution in [2.75, 3.05) is 6.61 Å². The van der Waals surface area contributed by atoms with Crippen molar-refractivity contribution in [3.05, 3.63) is 54.1 Å². The minimum atomic E-state index is -4.88. The van der Waals surface area contributed by atoms with E-state index in [1.54, 1.807) is 19.1 Å². The van der Waals surface area contributed by atoms with Crippen LogP contribution in [0.15, 0.2) is 53.4 Å². The van der Waals surface area contributed by atoms with Crippen LogP contribution >= 0.6 is 0 Å². The molecule has 0 aliphatic rings. The molecule has 0 aliphatic heterocycles. The van der Waals surface area contributed by atoms with E-state index in [9.17, 15) is 26.4 Å². The fourth-order valence-corrected chi connectivity index (χ4v) is 2.77. The van der Waals surface area contributed by atoms with Crippen LogP contribution in [-0.2, 0) is 10.0 Å². The Bertz CT molecular complexity index is 882. The van der Waals surface area contributed by atoms with E-state index in [0.717, 1.165) is 24.3 Å². The van der Waals surface area contributed by atoms with E-state index in [1.807, 2.05) is 10.3 Å². The van der Waals surface area contributed by atoms with E-state index in [1.165, 1.54) is 12.1 Å². The van der Waals surface area contributed by atoms with Gasteiger partial charge in [-0.25, -0.2) is 8.42 Å². The smallest absolute Gasteiger partial charge is 0.494 e. The van der Waals surface area contributed by atoms with Crippen LogP contribution in [0.4, 0.5) is 13.2 Å². The standard InChI is InChI=1S/C16H15F3N2O5S/c1-2-25-12-5-3-11(4-6-12)15(22)20-21-27(23,24)14-9-7-13(8-10-14)26-16(17,18)19/h3-10,21H,2H2,1H3,(H,20,22). The zero-order valence-electron chi connectivity index (χ0n) is 13.9. The fraction of sp³-hybridized carbons (Fsp3) is 0.188. The second-order valence-electron chi connectivity index (χ2n) is 5.04. The first kappa shape index (κ1) is 20.5. The van der Waals surface area contributed by atoms with Crippen molar-refractivity contribution in [3.63, 3.8) is 0 Å². The summed E-state index contributed by atoms with van der Waals surface area (Å²) < 4.78 is 69.4. The lowest BCUT2D eigenvalue weighted by atomic mass is 10.2. The third-order valence-electron chi connectivity index (χ3n) is 3.09. The molecule has 0 radical (unpaired) electrons. The highest BCUT2D eigenvalue weighted by atomic mass is 32.2. The lowest BCUT2D eigenvalue weighted by molar-refractivity contribution is -0.274. The van der Waals surface area contributed by atoms with Crippen LogP contribution in [0, 0.1) is 0 Å². The number of alkyl halides is 3. The predicted octanol–water partition coefficient (Wildman–Crippen LogP) is 2.61. The SMILES string of the molecule is CCOc1ccc(C(=O)NNS(=O)(=O)c2ccc(OC(F)(F)F)cc2)cc1. The van der Waals surface area contributed by atoms with E-state index in [2.05, 4.69) is 4.74 Å². The quantitative estimate of drug-likeness (QED) is 0.692. The van der Waals surface area contributed by atoms with Gasteiger partial charge in [0.15, 0.2) is 0 Å². The normalized spacial score (nSPS) is 11.7. The molecule has 0 saturated carbocycles. The molecule has 27 heavy (non-hydrogen) atoms. The molecule has 146 valence electrons. The van der Waals surface area contributed by atoms with Gasteiger partial charge >= 0.3 is 6.36 Å². The number of ether oxygens (including phenoxy) is 2. The fourth-order valence-electron chi connectivity index (χ4n) is 1.93. The highest BCUT2D eigenvalue weighted by Gasteiger charge is 2.31. The maximum atomic E-state index is 12.1. The van der Waals surface area contributed by atoms with E-state index < -0.39 is 28.0 Å². The first-order chi connectivity index (χ1) is 12.6. The minimum absolute atomic E-state index is 0.176. The maximum Gasteiger partial charge on any atom is 0.573 e. The molecule has 0 unspecified atom stereocenters. The zero-order chi connectivity index (χ0) is 20.1. The summed E-state index contributed by atoms with van der Waals surface area (Å²) >= 11 is 0. The van der Waals surface area contributed by atoms with Gasteiger partial charge in [-0.15, -0.1) is 18.0 Å². The molecule has 11 heteroatoms. The van der Waals surface area contributed by atoms with Crippen molar-refractivity contribution in [1.29, 1.82) is 0 Å². The number of carbonyl (C=O) groups is 1. The Balaban J connectivity index is 2.00. The number of benzene rings is 2. The molecular weight excluding hydrogens is 389 g/mol. The molecule has 0 aromatic heterocycles. The first-order valence-electron chi connectivity index (χ1n) is 7.51. The average Bonchev–Trinajstić information content (AvgIpc) is 2.60. The van der Waals surface area contributed by atoms with Crippen LogP contribution < -0.4 is 19.7 Å². The number of rotatable bonds is 7. The van der Waals surface area contributed by atoms with Crippen molar-refractivity contribution in [2.24, 2.45) is 0 Å². The molecule has 0 aliphatic carbocycles. The van der Waals surface area contributed by atoms with Crippen LogP contribution in [-0.4, -0.2) is 27.3 Å². The van der Waals surface area contributed by atoms with Gasteiger partial charge in [-0.3, -0.25) is 10.2 Å². The van der Waals surface area contributed by atoms with E-state index >= 15 is 0 Å². The highest BCUT2D eigenvalue weighted by Crippen LogP contribution is 2.23. The Labute approximate surface area is 153 Å². The maximum absolute atomic E-state index is 12.1. The van der Waals surface area contributed by atoms with Crippen LogP contribution in [0.1, 0.15) is 17.3 Å². The molecule has 0 saturated heterocycles. The van der Waals surface area contributed by atoms with Gasteiger partial charge in [-0.1, -0.05) is 0 Å². The lowest BCUT2D eigenvalue weighted by Crippen LogP contribution is -2.41. The minimum Gasteiger partial charge on any atom is -0.494 e. The lowest BCUT2D eigenvalue weighted by Gasteiger charge is -2.11. The molecule has 1 amide bonds. The van der Waals surface area contributed by atoms with Gasteiger partial charge in [-0.2, -0.15) is 0 Å². The summed E-state index contributed by atoms with van der Waals surface area (Å²) in [7, 11) is -4.18. The topological polar surface area (TPSA) is 93.7 Å². The van der Waals surface area contributed by atoms with Crippen molar-refractivity contribution >= 4 is 15.9 Å². The monoisotopic (exact) mass is 404 g/mol. The predicted molar refractivity (Wildman–Crippen MR) is 88.5 cm³/mol. The van der Waals surface area contributed by atoms with E-state index in [4.69, 9.17) is 4.74 Å². The number of carbonyl (C=O) groups excluding carboxylic acids is 1. The number of hydrogen-bond acceptors (Lipinski definition) is 5. The summed E-state index contributed by atoms with van der Waals surface area (Å²) in [4.78, 5) is 13.5. The zero-order valence-corrected chi connectivity index (χ0v) is 14.7. The van der Waals surface area contributed by atoms with Crippen LogP contribution in [0.3, 0.4) is 0 Å². The van der Waals surface area contributed by atoms with Crippen molar-refractivity contribution in [3.8, 4) is 11.5 Å². The Kier molecular flexibility index (Phi) is 6.28. The molecular formula is C16H15F3N2O5S. The van der Waals surface area contributed by atoms with Gasteiger partial charge in [0.2, 0.25) is 0 Å². The summed E-state index contributed by atoms with van der Waals surface area (Å²) in [5, 5.41) is 0. The molecule has 2 aromatic carbocycles. The molecule has 0 spiro atoms. The van der Waals surface area contributed by atoms with Gasteiger partial charge in [-0.05, 0) is 55.5 Å². The van der Waals surface area contributed by atoms with Crippen molar-refractivity contribution in [1.82, 2.24) is 10.3 Å². The number of hydrazine groups is 1. The molecule has 2 N–H and O–H groups in total. The number of hydrogen-bond donors (Lipinski definition) is 2. The Hall–Kier alpha value is -2.79. The largest absolute Gasteiger partial charge is 0.573 e. The Morgan fingerprint density at radius 2 is 1.56 bits per heavy atom. The average molecular weight is 404 g/mol. The summed E-state index contributed by atoms with van der Waals surface area (Å²) in [6.07, 6.45) is -4.88. The van der Waals surface area contributed by atoms with Gasteiger partial charge < -0.3 is 9.47 Å². The Morgan fingerprint density at radius 1 is 1.00 bits per heavy atom. The molecule has 2 aromatic rings. The molecule has 0 bridgehead atoms. The number of halogens is 3. The molecule has 7 nitrogen and oxygen atoms in total. The second-order valence-corrected chi connectivity index (χ2v) is 6.72. The second kappa shape index (κ2) is 8.27. The molecule has 0 fully saturated rings. The summed E-state index contributed by atoms with van der Waals surface area (Å²) in [6, 6.07) is 9.49. The van der Waals surface area contributed by atoms with Crippen molar-refractivity contribution < 1.29 is 35.9 Å². The van der Waals surface area contributed by atoms with Crippen LogP contribution in [0.25, 0.3) is 0 Å². The number of amides is 1. The van der Waals surface area contributed by atoms with Gasteiger partial charge in [0.25, 0.3) is 15.9 Å². The van der Waals surface area contributed by atoms with Crippen molar-refractivity contribution in [2.45, 2.75) is 18.2 Å². The molecule has 0 atom stereocenters. The number of sulfonamides is 1. The Morgan fingerprint density at radius 3 is 2.07 bits per heavy atom. The van der Waals surface area contributed by atoms with Gasteiger partial charge in [0.1, 0.15) is 11.5 Å². The van der Waals surface area contributed by atoms with Crippen LogP contribution in [0.2, 0.25) is 0 Å². The van der Waals surface area contributed by atoms with E-state index in [-0.39, 0.29) is 10.5 Å². The molecule has 2 rings (SSSR count). The first-order valence-corrected chi connectivity index (χ1v) is 9.00. The van der Waals surface area contributed by atoms with E-state index in [0.29, 0.717) is 12.4 Å². The van der Waals surface area contributed by atoms with Gasteiger partial charge in [0, 0.05) is 5.56 Å². The van der Waals surface area contributed by atoms with Crippen LogP contribution in [0.5, 0.6) is 11.5 Å². The summed E-state index contributed by atoms with van der Waals surface area (Å²) in [5.74, 6) is -0.741. The summed E-state index contributed by atoms with van der Waals surface area (Å²) in [5.41, 5.74) is 2.19. The highest BCUT2D eigenvalue weighted by molar-refractivity contribution is 7.89. The summed E-state index contributed by atoms with van der Waals surface area (Å²) in [6.45, 7) is 2.26.